The van der Waals surface area contributed by atoms with Gasteiger partial charge < -0.3 is 15.2 Å². The fourth-order valence-electron chi connectivity index (χ4n) is 1.14. The zero-order chi connectivity index (χ0) is 14.8. The van der Waals surface area contributed by atoms with Gasteiger partial charge in [0.25, 0.3) is 0 Å². The number of halogens is 4. The van der Waals surface area contributed by atoms with Crippen LogP contribution in [-0.2, 0) is 4.79 Å². The fraction of sp³-hybridized carbons (Fsp3) is 0.364. The summed E-state index contributed by atoms with van der Waals surface area (Å²) in [6.07, 6.45) is 0. The lowest BCUT2D eigenvalue weighted by molar-refractivity contribution is -0.145. The van der Waals surface area contributed by atoms with Crippen LogP contribution in [0.15, 0.2) is 6.07 Å². The lowest BCUT2D eigenvalue weighted by Gasteiger charge is -2.24. The van der Waals surface area contributed by atoms with Gasteiger partial charge in [0.15, 0.2) is 17.4 Å². The zero-order valence-electron chi connectivity index (χ0n) is 10.1. The summed E-state index contributed by atoms with van der Waals surface area (Å²) in [6.45, 7) is 0.455. The number of aliphatic carboxylic acids is 1. The highest BCUT2D eigenvalue weighted by Crippen LogP contribution is 2.27. The molecule has 1 aromatic carbocycles. The van der Waals surface area contributed by atoms with Crippen molar-refractivity contribution in [1.29, 1.82) is 0 Å². The van der Waals surface area contributed by atoms with Gasteiger partial charge in [-0.15, -0.1) is 0 Å². The lowest BCUT2D eigenvalue weighted by Crippen LogP contribution is -2.52. The maximum atomic E-state index is 13.2. The van der Waals surface area contributed by atoms with Crippen LogP contribution in [0.3, 0.4) is 0 Å². The minimum Gasteiger partial charge on any atom is -0.485 e. The first kappa shape index (κ1) is 15.2. The molecule has 0 aliphatic rings. The Bertz CT molecular complexity index is 483. The molecule has 4 nitrogen and oxygen atoms in total. The molecule has 0 aromatic heterocycles. The summed E-state index contributed by atoms with van der Waals surface area (Å²) < 4.78 is 56.8. The quantitative estimate of drug-likeness (QED) is 0.637. The van der Waals surface area contributed by atoms with E-state index < -0.39 is 47.1 Å². The molecule has 1 aromatic rings. The van der Waals surface area contributed by atoms with Crippen LogP contribution in [0.4, 0.5) is 17.6 Å². The number of carboxylic acids is 1. The average molecular weight is 281 g/mol. The van der Waals surface area contributed by atoms with E-state index in [4.69, 9.17) is 5.11 Å². The van der Waals surface area contributed by atoms with Crippen molar-refractivity contribution in [1.82, 2.24) is 5.32 Å². The van der Waals surface area contributed by atoms with Crippen LogP contribution in [0.25, 0.3) is 0 Å². The van der Waals surface area contributed by atoms with Crippen LogP contribution < -0.4 is 10.1 Å². The Kier molecular flexibility index (Phi) is 4.35. The number of likely N-dealkylation sites (N-methyl/N-ethyl adjacent to an activating group) is 1. The molecule has 0 bridgehead atoms. The Labute approximate surface area is 106 Å². The Balaban J connectivity index is 3.04. The summed E-state index contributed by atoms with van der Waals surface area (Å²) in [7, 11) is 1.29. The number of hydrogen-bond donors (Lipinski definition) is 2. The molecule has 0 heterocycles. The van der Waals surface area contributed by atoms with Gasteiger partial charge in [-0.1, -0.05) is 0 Å². The van der Waals surface area contributed by atoms with Crippen molar-refractivity contribution in [3.8, 4) is 5.75 Å². The molecule has 0 spiro atoms. The minimum atomic E-state index is -1.72. The number of carboxylic acid groups (broad SMARTS) is 1. The number of carbonyl (C=O) groups is 1. The molecule has 1 unspecified atom stereocenters. The highest BCUT2D eigenvalue weighted by molar-refractivity contribution is 5.78. The molecule has 0 saturated heterocycles. The van der Waals surface area contributed by atoms with Gasteiger partial charge in [0.1, 0.15) is 12.1 Å². The van der Waals surface area contributed by atoms with Crippen molar-refractivity contribution in [3.05, 3.63) is 29.3 Å². The molecular formula is C11H11F4NO3. The molecule has 19 heavy (non-hydrogen) atoms. The monoisotopic (exact) mass is 281 g/mol. The number of nitrogens with one attached hydrogen (secondary N) is 1. The molecule has 8 heteroatoms. The Morgan fingerprint density at radius 3 is 2.16 bits per heavy atom. The fourth-order valence-corrected chi connectivity index (χ4v) is 1.14. The second-order valence-corrected chi connectivity index (χ2v) is 3.97. The van der Waals surface area contributed by atoms with Crippen LogP contribution in [0.5, 0.6) is 5.75 Å². The second kappa shape index (κ2) is 5.43. The lowest BCUT2D eigenvalue weighted by atomic mass is 10.1. The predicted octanol–water partition coefficient (Wildman–Crippen LogP) is 1.68. The molecule has 2 N–H and O–H groups in total. The van der Waals surface area contributed by atoms with Crippen LogP contribution in [0.2, 0.25) is 0 Å². The topological polar surface area (TPSA) is 58.6 Å². The number of hydrogen-bond acceptors (Lipinski definition) is 3. The smallest absolute Gasteiger partial charge is 0.327 e. The first-order valence-corrected chi connectivity index (χ1v) is 5.11. The van der Waals surface area contributed by atoms with Gasteiger partial charge in [-0.2, -0.15) is 8.78 Å². The summed E-state index contributed by atoms with van der Waals surface area (Å²) in [5.74, 6) is -9.34. The molecule has 0 aliphatic heterocycles. The van der Waals surface area contributed by atoms with Gasteiger partial charge in [-0.25, -0.2) is 8.78 Å². The van der Waals surface area contributed by atoms with Crippen molar-refractivity contribution < 1.29 is 32.2 Å². The van der Waals surface area contributed by atoms with Crippen molar-refractivity contribution in [3.63, 3.8) is 0 Å². The van der Waals surface area contributed by atoms with E-state index in [1.807, 2.05) is 0 Å². The second-order valence-electron chi connectivity index (χ2n) is 3.97. The molecule has 1 rings (SSSR count). The average Bonchev–Trinajstić information content (AvgIpc) is 2.35. The Morgan fingerprint density at radius 1 is 1.32 bits per heavy atom. The Hall–Kier alpha value is -1.83. The van der Waals surface area contributed by atoms with Crippen LogP contribution in [0, 0.1) is 23.3 Å². The summed E-state index contributed by atoms with van der Waals surface area (Å²) in [6, 6.07) is 0.0337. The maximum absolute atomic E-state index is 13.2. The van der Waals surface area contributed by atoms with E-state index in [1.54, 1.807) is 0 Å². The molecule has 0 saturated carbocycles. The summed E-state index contributed by atoms with van der Waals surface area (Å²) >= 11 is 0. The van der Waals surface area contributed by atoms with Crippen LogP contribution >= 0.6 is 0 Å². The van der Waals surface area contributed by atoms with E-state index in [0.29, 0.717) is 0 Å². The Morgan fingerprint density at radius 2 is 1.79 bits per heavy atom. The summed E-state index contributed by atoms with van der Waals surface area (Å²) in [5, 5.41) is 11.2. The van der Waals surface area contributed by atoms with E-state index in [0.717, 1.165) is 0 Å². The van der Waals surface area contributed by atoms with Gasteiger partial charge in [0.2, 0.25) is 11.6 Å². The van der Waals surface area contributed by atoms with Gasteiger partial charge in [0, 0.05) is 6.07 Å². The highest BCUT2D eigenvalue weighted by Gasteiger charge is 2.33. The van der Waals surface area contributed by atoms with Gasteiger partial charge in [-0.3, -0.25) is 4.79 Å². The number of ether oxygens (including phenoxy) is 1. The van der Waals surface area contributed by atoms with Crippen molar-refractivity contribution in [2.24, 2.45) is 0 Å². The van der Waals surface area contributed by atoms with Crippen molar-refractivity contribution in [2.45, 2.75) is 12.5 Å². The SMILES string of the molecule is CNC(C)(COc1c(F)c(F)cc(F)c1F)C(=O)O. The molecule has 0 amide bonds. The zero-order valence-corrected chi connectivity index (χ0v) is 10.1. The van der Waals surface area contributed by atoms with E-state index in [9.17, 15) is 22.4 Å². The molecule has 0 radical (unpaired) electrons. The van der Waals surface area contributed by atoms with Gasteiger partial charge in [0.05, 0.1) is 0 Å². The minimum absolute atomic E-state index is 0.0337. The first-order valence-electron chi connectivity index (χ1n) is 5.11. The standard InChI is InChI=1S/C11H11F4NO3/c1-11(16-2,10(17)18)4-19-9-7(14)5(12)3-6(13)8(9)15/h3,16H,4H2,1-2H3,(H,17,18). The molecule has 106 valence electrons. The van der Waals surface area contributed by atoms with E-state index >= 15 is 0 Å². The number of benzene rings is 1. The summed E-state index contributed by atoms with van der Waals surface area (Å²) in [4.78, 5) is 10.9. The van der Waals surface area contributed by atoms with Crippen molar-refractivity contribution >= 4 is 5.97 Å². The van der Waals surface area contributed by atoms with E-state index in [2.05, 4.69) is 10.1 Å². The first-order chi connectivity index (χ1) is 8.73. The van der Waals surface area contributed by atoms with E-state index in [1.165, 1.54) is 14.0 Å². The third-order valence-electron chi connectivity index (χ3n) is 2.60. The molecule has 0 fully saturated rings. The number of rotatable bonds is 5. The van der Waals surface area contributed by atoms with E-state index in [-0.39, 0.29) is 6.07 Å². The predicted molar refractivity (Wildman–Crippen MR) is 56.9 cm³/mol. The summed E-state index contributed by atoms with van der Waals surface area (Å²) in [5.41, 5.74) is -1.67. The van der Waals surface area contributed by atoms with Crippen LogP contribution in [0.1, 0.15) is 6.92 Å². The maximum Gasteiger partial charge on any atom is 0.327 e. The normalized spacial score (nSPS) is 14.0. The molecule has 1 atom stereocenters. The molecular weight excluding hydrogens is 270 g/mol. The van der Waals surface area contributed by atoms with Gasteiger partial charge >= 0.3 is 5.97 Å². The largest absolute Gasteiger partial charge is 0.485 e. The van der Waals surface area contributed by atoms with Crippen molar-refractivity contribution in [2.75, 3.05) is 13.7 Å². The third kappa shape index (κ3) is 2.95. The third-order valence-corrected chi connectivity index (χ3v) is 2.60. The molecule has 0 aliphatic carbocycles. The van der Waals surface area contributed by atoms with Gasteiger partial charge in [-0.05, 0) is 14.0 Å². The highest BCUT2D eigenvalue weighted by atomic mass is 19.2. The van der Waals surface area contributed by atoms with Crippen LogP contribution in [-0.4, -0.2) is 30.3 Å².